The van der Waals surface area contributed by atoms with Crippen molar-refractivity contribution in [1.82, 2.24) is 47.7 Å². The van der Waals surface area contributed by atoms with Crippen molar-refractivity contribution in [1.29, 1.82) is 0 Å². The van der Waals surface area contributed by atoms with Gasteiger partial charge in [-0.25, -0.2) is 39.5 Å². The zero-order valence-corrected chi connectivity index (χ0v) is 41.6. The molecular weight excluding hydrogens is 941 g/mol. The summed E-state index contributed by atoms with van der Waals surface area (Å²) in [5, 5.41) is 13.3. The van der Waals surface area contributed by atoms with Crippen molar-refractivity contribution in [2.75, 3.05) is 68.8 Å². The van der Waals surface area contributed by atoms with Crippen LogP contribution in [0.4, 0.5) is 16.2 Å². The van der Waals surface area contributed by atoms with E-state index in [0.29, 0.717) is 77.5 Å². The van der Waals surface area contributed by atoms with Crippen molar-refractivity contribution in [3.05, 3.63) is 121 Å². The highest BCUT2D eigenvalue weighted by molar-refractivity contribution is 7.90. The summed E-state index contributed by atoms with van der Waals surface area (Å²) in [5.74, 6) is 12.3. The number of hydrogen-bond acceptors (Lipinski definition) is 13. The molecule has 2 aromatic carbocycles. The van der Waals surface area contributed by atoms with E-state index < -0.39 is 20.0 Å². The highest BCUT2D eigenvalue weighted by Crippen LogP contribution is 2.42. The molecule has 71 heavy (non-hydrogen) atoms. The summed E-state index contributed by atoms with van der Waals surface area (Å²) in [5.41, 5.74) is 5.77. The fourth-order valence-corrected chi connectivity index (χ4v) is 12.1. The Morgan fingerprint density at radius 3 is 1.46 bits per heavy atom. The lowest BCUT2D eigenvalue weighted by atomic mass is 10.1. The number of aromatic nitrogens is 8. The smallest absolute Gasteiger partial charge is 0.409 e. The summed E-state index contributed by atoms with van der Waals surface area (Å²) < 4.78 is 67.2. The maximum atomic E-state index is 14.1. The molecule has 2 saturated heterocycles. The fourth-order valence-electron chi connectivity index (χ4n) is 9.07. The molecule has 364 valence electrons. The van der Waals surface area contributed by atoms with Crippen LogP contribution < -0.4 is 15.1 Å². The number of carbonyl (C=O) groups is 1. The Labute approximate surface area is 412 Å². The summed E-state index contributed by atoms with van der Waals surface area (Å²) in [6.07, 6.45) is 9.82. The average Bonchev–Trinajstić information content (AvgIpc) is 4.19. The van der Waals surface area contributed by atoms with Gasteiger partial charge in [0.25, 0.3) is 20.0 Å². The van der Waals surface area contributed by atoms with Gasteiger partial charge in [-0.05, 0) is 57.2 Å². The van der Waals surface area contributed by atoms with Crippen LogP contribution in [0.1, 0.15) is 31.9 Å². The molecule has 0 unspecified atom stereocenters. The van der Waals surface area contributed by atoms with E-state index in [4.69, 9.17) is 4.74 Å². The third-order valence-corrected chi connectivity index (χ3v) is 15.6. The minimum absolute atomic E-state index is 0.147. The van der Waals surface area contributed by atoms with Gasteiger partial charge in [0, 0.05) is 102 Å². The zero-order chi connectivity index (χ0) is 49.9. The molecule has 2 aliphatic rings. The van der Waals surface area contributed by atoms with Gasteiger partial charge in [0.05, 0.1) is 73.5 Å². The van der Waals surface area contributed by atoms with Crippen LogP contribution in [0.3, 0.4) is 0 Å². The second-order valence-electron chi connectivity index (χ2n) is 16.6. The predicted octanol–water partition coefficient (Wildman–Crippen LogP) is 5.78. The van der Waals surface area contributed by atoms with Gasteiger partial charge in [0.2, 0.25) is 0 Å². The molecule has 10 rings (SSSR count). The minimum atomic E-state index is -4.05. The summed E-state index contributed by atoms with van der Waals surface area (Å²) >= 11 is 0. The first kappa shape index (κ1) is 48.1. The topological polar surface area (TPSA) is 188 Å². The van der Waals surface area contributed by atoms with Gasteiger partial charge in [-0.15, -0.1) is 11.8 Å². The van der Waals surface area contributed by atoms with E-state index in [1.807, 2.05) is 12.1 Å². The molecule has 2 fully saturated rings. The van der Waals surface area contributed by atoms with Crippen LogP contribution in [0.15, 0.2) is 120 Å². The first-order chi connectivity index (χ1) is 34.4. The van der Waals surface area contributed by atoms with Crippen molar-refractivity contribution < 1.29 is 26.4 Å². The van der Waals surface area contributed by atoms with Gasteiger partial charge in [-0.3, -0.25) is 9.36 Å². The molecule has 1 amide bonds. The number of rotatable bonds is 9. The number of nitrogens with one attached hydrogen (secondary N) is 1. The van der Waals surface area contributed by atoms with E-state index in [9.17, 15) is 21.6 Å². The van der Waals surface area contributed by atoms with Crippen molar-refractivity contribution in [2.45, 2.75) is 30.6 Å². The number of carbonyl (C=O) groups excluding carboxylic acids is 1. The Hall–Kier alpha value is -7.91. The average molecular weight is 993 g/mol. The largest absolute Gasteiger partial charge is 0.450 e. The molecule has 0 saturated carbocycles. The first-order valence-corrected chi connectivity index (χ1v) is 25.9. The molecule has 1 N–H and O–H groups in total. The molecule has 6 aromatic heterocycles. The van der Waals surface area contributed by atoms with Gasteiger partial charge in [-0.2, -0.15) is 10.2 Å². The van der Waals surface area contributed by atoms with Crippen molar-refractivity contribution in [3.63, 3.8) is 0 Å². The molecular formula is C51H52N12O6S2. The van der Waals surface area contributed by atoms with E-state index in [0.717, 1.165) is 42.9 Å². The van der Waals surface area contributed by atoms with E-state index in [1.165, 1.54) is 7.94 Å². The van der Waals surface area contributed by atoms with E-state index in [1.54, 1.807) is 147 Å². The second-order valence-corrected chi connectivity index (χ2v) is 20.2. The molecule has 0 bridgehead atoms. The van der Waals surface area contributed by atoms with Gasteiger partial charge < -0.3 is 24.8 Å². The van der Waals surface area contributed by atoms with Crippen molar-refractivity contribution in [3.8, 4) is 46.2 Å². The maximum absolute atomic E-state index is 14.1. The Kier molecular flexibility index (Phi) is 13.7. The zero-order valence-electron chi connectivity index (χ0n) is 39.9. The fraction of sp³-hybridized carbons (Fsp3) is 0.275. The lowest BCUT2D eigenvalue weighted by Gasteiger charge is -2.35. The number of benzene rings is 2. The Balaban J connectivity index is 0.000000177. The van der Waals surface area contributed by atoms with Gasteiger partial charge in [-0.1, -0.05) is 48.2 Å². The molecule has 8 heterocycles. The molecule has 0 aliphatic carbocycles. The maximum Gasteiger partial charge on any atom is 0.409 e. The lowest BCUT2D eigenvalue weighted by Crippen LogP contribution is -2.49. The molecule has 0 radical (unpaired) electrons. The van der Waals surface area contributed by atoms with Gasteiger partial charge in [0.1, 0.15) is 0 Å². The third-order valence-electron chi connectivity index (χ3n) is 12.2. The number of fused-ring (bicyclic) bond motifs is 2. The highest BCUT2D eigenvalue weighted by atomic mass is 32.2. The molecule has 0 atom stereocenters. The summed E-state index contributed by atoms with van der Waals surface area (Å²) in [7, 11) is -4.43. The quantitative estimate of drug-likeness (QED) is 0.172. The van der Waals surface area contributed by atoms with Crippen molar-refractivity contribution in [2.24, 2.45) is 14.1 Å². The predicted molar refractivity (Wildman–Crippen MR) is 273 cm³/mol. The van der Waals surface area contributed by atoms with E-state index in [2.05, 4.69) is 59.0 Å². The monoisotopic (exact) mass is 992 g/mol. The molecule has 2 aliphatic heterocycles. The standard InChI is InChI=1S/C27H28N6O4S.C24H24N6O2S/c1-4-9-22-24-23(31-14-16-32(17-15-31)27(34)37-5-2)12-13-28-26(24)33(25(22)20-18-29-30(3)19-20)38(35,36)21-10-7-6-8-11-21;1-3-7-20-22-21(29-14-12-25-13-15-29)10-11-26-24(22)30(23(20)18-16-27-28(2)17-18)33(31,32)19-8-5-4-6-9-19/h6-8,10-13,18-19H,5,14-17H2,1-3H3;4-6,8-11,16-17,25H,12-15H2,1-2H3. The summed E-state index contributed by atoms with van der Waals surface area (Å²) in [4.78, 5) is 27.8. The normalized spacial score (nSPS) is 14.1. The van der Waals surface area contributed by atoms with Gasteiger partial charge in [0.15, 0.2) is 11.3 Å². The summed E-state index contributed by atoms with van der Waals surface area (Å²) in [6.45, 7) is 11.0. The number of pyridine rings is 2. The van der Waals surface area contributed by atoms with Crippen LogP contribution >= 0.6 is 0 Å². The molecule has 18 nitrogen and oxygen atoms in total. The Bertz CT molecular complexity index is 3620. The number of anilines is 2. The number of hydrogen-bond donors (Lipinski definition) is 1. The molecule has 8 aromatic rings. The summed E-state index contributed by atoms with van der Waals surface area (Å²) in [6, 6.07) is 20.5. The molecule has 0 spiro atoms. The lowest BCUT2D eigenvalue weighted by molar-refractivity contribution is 0.105. The Morgan fingerprint density at radius 2 is 1.07 bits per heavy atom. The van der Waals surface area contributed by atoms with Crippen LogP contribution in [0, 0.1) is 23.7 Å². The van der Waals surface area contributed by atoms with Crippen LogP contribution in [0.2, 0.25) is 0 Å². The van der Waals surface area contributed by atoms with Crippen LogP contribution in [0.25, 0.3) is 44.6 Å². The molecule has 20 heteroatoms. The SMILES string of the molecule is CC#Cc1c(-c2cnn(C)c2)n(S(=O)(=O)c2ccccc2)c2nccc(N3CCN(C(=O)OCC)CC3)c12.CC#Cc1c(-c2cnn(C)c2)n(S(=O)(=O)c2ccccc2)c2nccc(N3CCNCC3)c12. The number of aryl methyl sites for hydroxylation is 2. The highest BCUT2D eigenvalue weighted by Gasteiger charge is 2.34. The number of amides is 1. The first-order valence-electron chi connectivity index (χ1n) is 23.0. The minimum Gasteiger partial charge on any atom is -0.450 e. The van der Waals surface area contributed by atoms with E-state index >= 15 is 0 Å². The Morgan fingerprint density at radius 1 is 0.634 bits per heavy atom. The number of piperazine rings is 2. The third kappa shape index (κ3) is 9.09. The van der Waals surface area contributed by atoms with Crippen LogP contribution in [-0.4, -0.2) is 124 Å². The number of nitrogens with zero attached hydrogens (tertiary/aromatic N) is 11. The van der Waals surface area contributed by atoms with Crippen molar-refractivity contribution >= 4 is 59.6 Å². The van der Waals surface area contributed by atoms with Crippen LogP contribution in [0.5, 0.6) is 0 Å². The number of ether oxygens (including phenoxy) is 1. The van der Waals surface area contributed by atoms with Gasteiger partial charge >= 0.3 is 6.09 Å². The second kappa shape index (κ2) is 20.2. The van der Waals surface area contributed by atoms with E-state index in [-0.39, 0.29) is 21.5 Å². The van der Waals surface area contributed by atoms with Crippen LogP contribution in [-0.2, 0) is 38.9 Å².